The lowest BCUT2D eigenvalue weighted by Gasteiger charge is -2.27. The van der Waals surface area contributed by atoms with E-state index < -0.39 is 0 Å². The summed E-state index contributed by atoms with van der Waals surface area (Å²) in [4.78, 5) is 5.92. The maximum absolute atomic E-state index is 4.71. The maximum Gasteiger partial charge on any atom is 0.0783 e. The molecule has 1 saturated heterocycles. The molecule has 4 aromatic rings. The molecular weight excluding hydrogens is 418 g/mol. The fraction of sp³-hybridized carbons (Fsp3) is 0.192. The third-order valence-electron chi connectivity index (χ3n) is 5.58. The molecule has 3 aromatic carbocycles. The van der Waals surface area contributed by atoms with E-state index in [1.54, 1.807) is 11.9 Å². The van der Waals surface area contributed by atoms with Crippen molar-refractivity contribution in [1.82, 2.24) is 4.98 Å². The summed E-state index contributed by atoms with van der Waals surface area (Å²) < 4.78 is 5.93. The Bertz CT molecular complexity index is 1180. The Morgan fingerprint density at radius 1 is 0.968 bits per heavy atom. The van der Waals surface area contributed by atoms with E-state index in [0.717, 1.165) is 17.9 Å². The van der Waals surface area contributed by atoms with Crippen LogP contribution >= 0.6 is 23.9 Å². The summed E-state index contributed by atoms with van der Waals surface area (Å²) in [5.41, 5.74) is 5.81. The van der Waals surface area contributed by atoms with E-state index in [1.165, 1.54) is 51.1 Å². The van der Waals surface area contributed by atoms with Crippen molar-refractivity contribution in [2.24, 2.45) is 0 Å². The van der Waals surface area contributed by atoms with Crippen LogP contribution in [0.2, 0.25) is 0 Å². The van der Waals surface area contributed by atoms with Crippen LogP contribution < -0.4 is 9.03 Å². The van der Waals surface area contributed by atoms with Crippen LogP contribution in [0, 0.1) is 6.92 Å². The highest BCUT2D eigenvalue weighted by molar-refractivity contribution is 8.00. The third kappa shape index (κ3) is 4.53. The highest BCUT2D eigenvalue weighted by Crippen LogP contribution is 2.33. The van der Waals surface area contributed by atoms with Crippen LogP contribution in [0.1, 0.15) is 18.4 Å². The molecule has 0 atom stereocenters. The monoisotopic (exact) mass is 443 g/mol. The van der Waals surface area contributed by atoms with Crippen molar-refractivity contribution in [3.05, 3.63) is 84.6 Å². The molecule has 0 unspecified atom stereocenters. The van der Waals surface area contributed by atoms with Gasteiger partial charge in [-0.25, -0.2) is 0 Å². The summed E-state index contributed by atoms with van der Waals surface area (Å²) in [6.07, 6.45) is 4.51. The quantitative estimate of drug-likeness (QED) is 0.321. The number of anilines is 2. The number of fused-ring (bicyclic) bond motifs is 1. The van der Waals surface area contributed by atoms with E-state index in [-0.39, 0.29) is 0 Å². The minimum Gasteiger partial charge on any atom is -0.326 e. The van der Waals surface area contributed by atoms with Crippen molar-refractivity contribution in [2.75, 3.05) is 21.3 Å². The van der Waals surface area contributed by atoms with Gasteiger partial charge in [0.05, 0.1) is 5.69 Å². The molecule has 0 amide bonds. The highest BCUT2D eigenvalue weighted by Gasteiger charge is 2.12. The van der Waals surface area contributed by atoms with E-state index in [4.69, 9.17) is 4.98 Å². The summed E-state index contributed by atoms with van der Waals surface area (Å²) in [6, 6.07) is 25.9. The van der Waals surface area contributed by atoms with Gasteiger partial charge in [0.15, 0.2) is 0 Å². The molecule has 0 aliphatic carbocycles. The average Bonchev–Trinajstić information content (AvgIpc) is 2.84. The number of aryl methyl sites for hydroxylation is 1. The molecule has 5 heteroatoms. The molecule has 0 spiro atoms. The molecule has 0 bridgehead atoms. The van der Waals surface area contributed by atoms with Crippen molar-refractivity contribution in [2.45, 2.75) is 24.7 Å². The molecule has 1 fully saturated rings. The van der Waals surface area contributed by atoms with Gasteiger partial charge < -0.3 is 9.03 Å². The second-order valence-electron chi connectivity index (χ2n) is 7.75. The smallest absolute Gasteiger partial charge is 0.0783 e. The zero-order chi connectivity index (χ0) is 21.0. The Balaban J connectivity index is 1.34. The fourth-order valence-electron chi connectivity index (χ4n) is 3.87. The van der Waals surface area contributed by atoms with Crippen molar-refractivity contribution in [3.63, 3.8) is 0 Å². The Morgan fingerprint density at radius 3 is 2.68 bits per heavy atom. The van der Waals surface area contributed by atoms with Gasteiger partial charge in [-0.3, -0.25) is 4.98 Å². The van der Waals surface area contributed by atoms with E-state index in [2.05, 4.69) is 88.7 Å². The molecular formula is C26H25N3S2. The van der Waals surface area contributed by atoms with Gasteiger partial charge in [0.1, 0.15) is 0 Å². The predicted octanol–water partition coefficient (Wildman–Crippen LogP) is 7.58. The summed E-state index contributed by atoms with van der Waals surface area (Å²) in [7, 11) is 0. The first-order valence-electron chi connectivity index (χ1n) is 10.7. The molecule has 5 rings (SSSR count). The summed E-state index contributed by atoms with van der Waals surface area (Å²) in [5, 5.41) is 2.40. The lowest BCUT2D eigenvalue weighted by molar-refractivity contribution is 0.791. The van der Waals surface area contributed by atoms with Crippen LogP contribution in [-0.2, 0) is 0 Å². The number of hydrogen-bond donors (Lipinski definition) is 1. The number of hydrogen-bond acceptors (Lipinski definition) is 5. The first-order valence-corrected chi connectivity index (χ1v) is 12.4. The lowest BCUT2D eigenvalue weighted by Crippen LogP contribution is -2.20. The minimum absolute atomic E-state index is 1.03. The standard InChI is InChI=1S/C26H25N3S2/c1-19-8-9-21(18-25(19)26-24-7-3-2-6-20(24)14-15-27-26)28-31-23-12-10-22(11-13-23)29-16-4-5-17-30-29/h2-3,6-15,18,28H,4-5,16-17H2,1H3. The minimum atomic E-state index is 1.03. The second kappa shape index (κ2) is 9.25. The molecule has 1 aliphatic heterocycles. The van der Waals surface area contributed by atoms with Gasteiger partial charge in [0.25, 0.3) is 0 Å². The number of nitrogens with zero attached hydrogens (tertiary/aromatic N) is 2. The van der Waals surface area contributed by atoms with Gasteiger partial charge in [-0.2, -0.15) is 0 Å². The molecule has 0 saturated carbocycles. The molecule has 156 valence electrons. The Labute approximate surface area is 192 Å². The molecule has 1 aliphatic rings. The molecule has 3 nitrogen and oxygen atoms in total. The molecule has 31 heavy (non-hydrogen) atoms. The molecule has 1 aromatic heterocycles. The average molecular weight is 444 g/mol. The molecule has 2 heterocycles. The fourth-order valence-corrected chi connectivity index (χ4v) is 5.59. The Morgan fingerprint density at radius 2 is 1.84 bits per heavy atom. The van der Waals surface area contributed by atoms with Gasteiger partial charge >= 0.3 is 0 Å². The van der Waals surface area contributed by atoms with Crippen molar-refractivity contribution < 1.29 is 0 Å². The normalized spacial score (nSPS) is 14.0. The van der Waals surface area contributed by atoms with E-state index >= 15 is 0 Å². The zero-order valence-corrected chi connectivity index (χ0v) is 19.2. The maximum atomic E-state index is 4.71. The highest BCUT2D eigenvalue weighted by atomic mass is 32.2. The van der Waals surface area contributed by atoms with Crippen LogP contribution in [0.5, 0.6) is 0 Å². The summed E-state index contributed by atoms with van der Waals surface area (Å²) in [5.74, 6) is 1.22. The number of pyridine rings is 1. The van der Waals surface area contributed by atoms with Crippen LogP contribution in [0.25, 0.3) is 22.0 Å². The first kappa shape index (κ1) is 20.3. The van der Waals surface area contributed by atoms with Gasteiger partial charge in [-0.05, 0) is 97.1 Å². The second-order valence-corrected chi connectivity index (χ2v) is 9.74. The van der Waals surface area contributed by atoms with Gasteiger partial charge in [0.2, 0.25) is 0 Å². The van der Waals surface area contributed by atoms with E-state index in [0.29, 0.717) is 0 Å². The van der Waals surface area contributed by atoms with E-state index in [9.17, 15) is 0 Å². The lowest BCUT2D eigenvalue weighted by atomic mass is 10.00. The largest absolute Gasteiger partial charge is 0.326 e. The summed E-state index contributed by atoms with van der Waals surface area (Å²) in [6.45, 7) is 3.29. The third-order valence-corrected chi connectivity index (χ3v) is 7.60. The van der Waals surface area contributed by atoms with Gasteiger partial charge in [-0.15, -0.1) is 0 Å². The Hall–Kier alpha value is -2.63. The first-order chi connectivity index (χ1) is 15.3. The zero-order valence-electron chi connectivity index (χ0n) is 17.5. The number of aromatic nitrogens is 1. The van der Waals surface area contributed by atoms with Crippen molar-refractivity contribution in [3.8, 4) is 11.3 Å². The van der Waals surface area contributed by atoms with Crippen LogP contribution in [0.3, 0.4) is 0 Å². The molecule has 0 radical (unpaired) electrons. The van der Waals surface area contributed by atoms with E-state index in [1.807, 2.05) is 18.1 Å². The molecule has 1 N–H and O–H groups in total. The van der Waals surface area contributed by atoms with Crippen LogP contribution in [0.4, 0.5) is 11.4 Å². The van der Waals surface area contributed by atoms with Crippen molar-refractivity contribution in [1.29, 1.82) is 0 Å². The van der Waals surface area contributed by atoms with Crippen molar-refractivity contribution >= 4 is 46.0 Å². The number of benzene rings is 3. The Kier molecular flexibility index (Phi) is 6.05. The van der Waals surface area contributed by atoms with Gasteiger partial charge in [-0.1, -0.05) is 30.3 Å². The number of nitrogens with one attached hydrogen (secondary N) is 1. The summed E-state index contributed by atoms with van der Waals surface area (Å²) >= 11 is 3.59. The SMILES string of the molecule is Cc1ccc(NSc2ccc(N3CCCCS3)cc2)cc1-c1nccc2ccccc12. The van der Waals surface area contributed by atoms with Gasteiger partial charge in [0, 0.05) is 45.7 Å². The topological polar surface area (TPSA) is 28.2 Å². The predicted molar refractivity (Wildman–Crippen MR) is 137 cm³/mol. The van der Waals surface area contributed by atoms with Crippen LogP contribution in [0.15, 0.2) is 83.9 Å². The number of rotatable bonds is 5. The van der Waals surface area contributed by atoms with Crippen LogP contribution in [-0.4, -0.2) is 17.3 Å².